The molecule has 0 spiro atoms. The van der Waals surface area contributed by atoms with E-state index in [1.54, 1.807) is 12.1 Å². The first-order valence-corrected chi connectivity index (χ1v) is 10.0. The van der Waals surface area contributed by atoms with Crippen LogP contribution in [0.4, 0.5) is 10.2 Å². The lowest BCUT2D eigenvalue weighted by atomic mass is 10.1. The van der Waals surface area contributed by atoms with Crippen molar-refractivity contribution in [2.24, 2.45) is 0 Å². The molecule has 0 aliphatic rings. The Labute approximate surface area is 190 Å². The Balaban J connectivity index is 1.68. The number of ether oxygens (including phenoxy) is 3. The van der Waals surface area contributed by atoms with E-state index >= 15 is 0 Å². The number of carbonyl (C=O) groups is 1. The fraction of sp³-hybridized carbons (Fsp3) is 0.261. The third-order valence-corrected chi connectivity index (χ3v) is 5.00. The highest BCUT2D eigenvalue weighted by atomic mass is 19.1. The zero-order chi connectivity index (χ0) is 24.0. The second-order valence-corrected chi connectivity index (χ2v) is 6.97. The Bertz CT molecular complexity index is 1190. The van der Waals surface area contributed by atoms with E-state index in [2.05, 4.69) is 16.5 Å². The molecule has 3 rings (SSSR count). The second-order valence-electron chi connectivity index (χ2n) is 6.97. The highest BCUT2D eigenvalue weighted by Crippen LogP contribution is 2.34. The minimum atomic E-state index is -0.382. The van der Waals surface area contributed by atoms with E-state index < -0.39 is 0 Å². The maximum atomic E-state index is 13.2. The number of carbonyl (C=O) groups excluding carboxylic acids is 1. The highest BCUT2D eigenvalue weighted by molar-refractivity contribution is 5.97. The second kappa shape index (κ2) is 10.4. The zero-order valence-corrected chi connectivity index (χ0v) is 18.5. The summed E-state index contributed by atoms with van der Waals surface area (Å²) in [6.07, 6.45) is 0.917. The normalized spacial score (nSPS) is 10.4. The molecule has 10 heteroatoms. The van der Waals surface area contributed by atoms with Gasteiger partial charge in [0.05, 0.1) is 38.3 Å². The van der Waals surface area contributed by atoms with Crippen LogP contribution in [0.1, 0.15) is 28.0 Å². The largest absolute Gasteiger partial charge is 0.496 e. The molecule has 0 saturated carbocycles. The molecule has 0 fully saturated rings. The molecule has 2 aromatic carbocycles. The van der Waals surface area contributed by atoms with Crippen molar-refractivity contribution in [3.63, 3.8) is 0 Å². The number of aromatic nitrogens is 2. The topological polar surface area (TPSA) is 124 Å². The fourth-order valence-electron chi connectivity index (χ4n) is 3.31. The Kier molecular flexibility index (Phi) is 7.35. The van der Waals surface area contributed by atoms with Gasteiger partial charge in [0, 0.05) is 18.7 Å². The molecule has 1 aromatic heterocycles. The van der Waals surface area contributed by atoms with E-state index in [9.17, 15) is 14.4 Å². The molecule has 0 radical (unpaired) electrons. The summed E-state index contributed by atoms with van der Waals surface area (Å²) in [5.41, 5.74) is 7.68. The number of hydrogen-bond acceptors (Lipinski definition) is 7. The van der Waals surface area contributed by atoms with Crippen LogP contribution in [0, 0.1) is 17.1 Å². The van der Waals surface area contributed by atoms with Crippen LogP contribution in [-0.4, -0.2) is 43.6 Å². The van der Waals surface area contributed by atoms with Gasteiger partial charge in [0.25, 0.3) is 5.91 Å². The highest BCUT2D eigenvalue weighted by Gasteiger charge is 2.19. The maximum absolute atomic E-state index is 13.2. The van der Waals surface area contributed by atoms with Crippen LogP contribution in [0.3, 0.4) is 0 Å². The van der Waals surface area contributed by atoms with E-state index in [1.807, 2.05) is 0 Å². The summed E-state index contributed by atoms with van der Waals surface area (Å²) >= 11 is 0. The molecular formula is C23H24FN5O4. The van der Waals surface area contributed by atoms with Crippen molar-refractivity contribution in [2.75, 3.05) is 33.6 Å². The van der Waals surface area contributed by atoms with E-state index in [1.165, 1.54) is 50.3 Å². The Hall–Kier alpha value is -4.26. The van der Waals surface area contributed by atoms with E-state index in [0.717, 1.165) is 0 Å². The summed E-state index contributed by atoms with van der Waals surface area (Å²) in [6.45, 7) is 0.324. The summed E-state index contributed by atoms with van der Waals surface area (Å²) in [4.78, 5) is 12.7. The summed E-state index contributed by atoms with van der Waals surface area (Å²) in [6, 6.07) is 10.8. The molecule has 172 valence electrons. The number of nitriles is 1. The molecule has 0 unspecified atom stereocenters. The predicted octanol–water partition coefficient (Wildman–Crippen LogP) is 2.85. The zero-order valence-electron chi connectivity index (χ0n) is 18.5. The summed E-state index contributed by atoms with van der Waals surface area (Å²) in [7, 11) is 4.44. The first-order chi connectivity index (χ1) is 15.9. The molecule has 0 bridgehead atoms. The van der Waals surface area contributed by atoms with Gasteiger partial charge in [-0.25, -0.2) is 9.07 Å². The van der Waals surface area contributed by atoms with Crippen molar-refractivity contribution in [1.82, 2.24) is 15.1 Å². The number of methoxy groups -OCH3 is 3. The third kappa shape index (κ3) is 4.98. The molecule has 0 aliphatic heterocycles. The van der Waals surface area contributed by atoms with Gasteiger partial charge in [-0.2, -0.15) is 10.4 Å². The summed E-state index contributed by atoms with van der Waals surface area (Å²) < 4.78 is 30.4. The van der Waals surface area contributed by atoms with Gasteiger partial charge in [-0.3, -0.25) is 4.79 Å². The predicted molar refractivity (Wildman–Crippen MR) is 119 cm³/mol. The number of amides is 1. The monoisotopic (exact) mass is 453 g/mol. The lowest BCUT2D eigenvalue weighted by Crippen LogP contribution is -2.25. The van der Waals surface area contributed by atoms with Crippen molar-refractivity contribution in [1.29, 1.82) is 5.26 Å². The van der Waals surface area contributed by atoms with Crippen molar-refractivity contribution < 1.29 is 23.4 Å². The average Bonchev–Trinajstić information content (AvgIpc) is 3.16. The molecule has 1 heterocycles. The fourth-order valence-corrected chi connectivity index (χ4v) is 3.31. The minimum Gasteiger partial charge on any atom is -0.496 e. The maximum Gasteiger partial charge on any atom is 0.255 e. The van der Waals surface area contributed by atoms with Crippen LogP contribution in [0.5, 0.6) is 17.2 Å². The number of rotatable bonds is 9. The molecule has 3 N–H and O–H groups in total. The van der Waals surface area contributed by atoms with Gasteiger partial charge in [0.15, 0.2) is 11.5 Å². The molecule has 0 atom stereocenters. The van der Waals surface area contributed by atoms with Gasteiger partial charge in [-0.15, -0.1) is 0 Å². The number of nitrogens with zero attached hydrogens (tertiary/aromatic N) is 3. The van der Waals surface area contributed by atoms with E-state index in [0.29, 0.717) is 53.6 Å². The van der Waals surface area contributed by atoms with Crippen LogP contribution in [0.15, 0.2) is 36.4 Å². The van der Waals surface area contributed by atoms with Crippen LogP contribution in [0.2, 0.25) is 0 Å². The lowest BCUT2D eigenvalue weighted by Gasteiger charge is -2.14. The Morgan fingerprint density at radius 2 is 1.76 bits per heavy atom. The number of nitrogens with one attached hydrogen (secondary N) is 1. The van der Waals surface area contributed by atoms with Crippen molar-refractivity contribution >= 4 is 11.7 Å². The van der Waals surface area contributed by atoms with Gasteiger partial charge in [0.2, 0.25) is 0 Å². The quantitative estimate of drug-likeness (QED) is 0.477. The number of aryl methyl sites for hydroxylation is 1. The number of halogens is 1. The molecule has 0 aliphatic carbocycles. The molecule has 0 saturated heterocycles. The van der Waals surface area contributed by atoms with Crippen molar-refractivity contribution in [3.05, 3.63) is 59.0 Å². The number of nitrogens with two attached hydrogens (primary N) is 1. The van der Waals surface area contributed by atoms with Gasteiger partial charge in [0.1, 0.15) is 29.0 Å². The first kappa shape index (κ1) is 23.4. The number of nitrogen functional groups attached to an aromatic ring is 1. The third-order valence-electron chi connectivity index (χ3n) is 5.00. The number of anilines is 1. The average molecular weight is 453 g/mol. The standard InChI is InChI=1S/C23H24FN5O4/c1-31-19-12-21(33-3)20(32-2)11-16(19)23(30)27-10-4-5-18-17(13-25)22(26)29(28-18)15-8-6-14(24)7-9-15/h6-9,11-12H,4-5,10,26H2,1-3H3,(H,27,30). The molecular weight excluding hydrogens is 429 g/mol. The molecule has 1 amide bonds. The first-order valence-electron chi connectivity index (χ1n) is 10.0. The molecule has 3 aromatic rings. The van der Waals surface area contributed by atoms with Gasteiger partial charge in [-0.1, -0.05) is 0 Å². The molecule has 33 heavy (non-hydrogen) atoms. The van der Waals surface area contributed by atoms with Crippen molar-refractivity contribution in [3.8, 4) is 29.0 Å². The smallest absolute Gasteiger partial charge is 0.255 e. The van der Waals surface area contributed by atoms with Crippen LogP contribution < -0.4 is 25.3 Å². The minimum absolute atomic E-state index is 0.179. The summed E-state index contributed by atoms with van der Waals surface area (Å²) in [5, 5.41) is 16.7. The SMILES string of the molecule is COc1cc(OC)c(C(=O)NCCCc2nn(-c3ccc(F)cc3)c(N)c2C#N)cc1OC. The van der Waals surface area contributed by atoms with Crippen LogP contribution >= 0.6 is 0 Å². The Morgan fingerprint density at radius 1 is 1.12 bits per heavy atom. The molecule has 9 nitrogen and oxygen atoms in total. The Morgan fingerprint density at radius 3 is 2.36 bits per heavy atom. The van der Waals surface area contributed by atoms with Crippen molar-refractivity contribution in [2.45, 2.75) is 12.8 Å². The van der Waals surface area contributed by atoms with Gasteiger partial charge in [-0.05, 0) is 37.1 Å². The van der Waals surface area contributed by atoms with Gasteiger partial charge < -0.3 is 25.3 Å². The van der Waals surface area contributed by atoms with E-state index in [-0.39, 0.29) is 23.1 Å². The van der Waals surface area contributed by atoms with Gasteiger partial charge >= 0.3 is 0 Å². The van der Waals surface area contributed by atoms with Crippen LogP contribution in [-0.2, 0) is 6.42 Å². The summed E-state index contributed by atoms with van der Waals surface area (Å²) in [5.74, 6) is 0.658. The number of hydrogen-bond donors (Lipinski definition) is 2. The number of benzene rings is 2. The van der Waals surface area contributed by atoms with E-state index in [4.69, 9.17) is 19.9 Å². The van der Waals surface area contributed by atoms with Crippen LogP contribution in [0.25, 0.3) is 5.69 Å². The lowest BCUT2D eigenvalue weighted by molar-refractivity contribution is 0.0949.